The Morgan fingerprint density at radius 2 is 1.91 bits per heavy atom. The average molecular weight is 375 g/mol. The first kappa shape index (κ1) is 15.0. The lowest BCUT2D eigenvalue weighted by Gasteiger charge is -2.41. The molecule has 0 spiro atoms. The van der Waals surface area contributed by atoms with Crippen LogP contribution in [0.3, 0.4) is 0 Å². The first-order valence-corrected chi connectivity index (χ1v) is 8.61. The van der Waals surface area contributed by atoms with Crippen molar-refractivity contribution < 1.29 is 9.47 Å². The van der Waals surface area contributed by atoms with Crippen molar-refractivity contribution in [2.24, 2.45) is 0 Å². The smallest absolute Gasteiger partial charge is 0.161 e. The quantitative estimate of drug-likeness (QED) is 0.805. The van der Waals surface area contributed by atoms with E-state index in [1.807, 2.05) is 6.20 Å². The fraction of sp³-hybridized carbons (Fsp3) is 0.389. The van der Waals surface area contributed by atoms with E-state index in [9.17, 15) is 0 Å². The standard InChI is InChI=1S/C18H19BrN2O2/c1-22-17-6-11-3-4-21-10-12-5-13(19)9-20-15(12)8-16(21)14(11)7-18(17)23-2/h5-7,9,16H,3-4,8,10H2,1-2H3/t16-/m1/s1. The third-order valence-corrected chi connectivity index (χ3v) is 5.33. The van der Waals surface area contributed by atoms with Gasteiger partial charge in [0.1, 0.15) is 0 Å². The Kier molecular flexibility index (Phi) is 3.77. The minimum atomic E-state index is 0.375. The summed E-state index contributed by atoms with van der Waals surface area (Å²) >= 11 is 3.53. The summed E-state index contributed by atoms with van der Waals surface area (Å²) in [4.78, 5) is 7.18. The molecule has 2 aliphatic heterocycles. The molecule has 0 unspecified atom stereocenters. The summed E-state index contributed by atoms with van der Waals surface area (Å²) in [6, 6.07) is 6.85. The molecule has 2 aliphatic rings. The lowest BCUT2D eigenvalue weighted by Crippen LogP contribution is -2.39. The van der Waals surface area contributed by atoms with Crippen LogP contribution in [0.4, 0.5) is 0 Å². The molecule has 4 nitrogen and oxygen atoms in total. The molecule has 0 aliphatic carbocycles. The second-order valence-corrected chi connectivity index (χ2v) is 7.02. The molecule has 3 heterocycles. The lowest BCUT2D eigenvalue weighted by molar-refractivity contribution is 0.158. The van der Waals surface area contributed by atoms with Crippen LogP contribution in [0.1, 0.15) is 28.4 Å². The summed E-state index contributed by atoms with van der Waals surface area (Å²) in [5.74, 6) is 1.63. The summed E-state index contributed by atoms with van der Waals surface area (Å²) in [6.45, 7) is 2.03. The summed E-state index contributed by atoms with van der Waals surface area (Å²) in [5, 5.41) is 0. The SMILES string of the molecule is COc1cc2c(cc1OC)[C@H]1Cc3ncc(Br)cc3CN1CC2. The van der Waals surface area contributed by atoms with Crippen LogP contribution in [-0.2, 0) is 19.4 Å². The first-order chi connectivity index (χ1) is 11.2. The van der Waals surface area contributed by atoms with Gasteiger partial charge in [-0.3, -0.25) is 9.88 Å². The van der Waals surface area contributed by atoms with Gasteiger partial charge >= 0.3 is 0 Å². The topological polar surface area (TPSA) is 34.6 Å². The maximum atomic E-state index is 5.50. The molecule has 1 atom stereocenters. The molecule has 2 aromatic rings. The van der Waals surface area contributed by atoms with Gasteiger partial charge in [-0.15, -0.1) is 0 Å². The number of benzene rings is 1. The van der Waals surface area contributed by atoms with Crippen molar-refractivity contribution >= 4 is 15.9 Å². The normalized spacial score (nSPS) is 19.5. The van der Waals surface area contributed by atoms with E-state index in [1.165, 1.54) is 22.4 Å². The summed E-state index contributed by atoms with van der Waals surface area (Å²) in [7, 11) is 3.39. The molecule has 0 fully saturated rings. The first-order valence-electron chi connectivity index (χ1n) is 7.81. The minimum absolute atomic E-state index is 0.375. The molecule has 120 valence electrons. The Bertz CT molecular complexity index is 763. The summed E-state index contributed by atoms with van der Waals surface area (Å²) in [6.07, 6.45) is 3.89. The van der Waals surface area contributed by atoms with E-state index in [2.05, 4.69) is 44.0 Å². The second kappa shape index (κ2) is 5.80. The predicted octanol–water partition coefficient (Wildman–Crippen LogP) is 3.52. The van der Waals surface area contributed by atoms with Gasteiger partial charge in [-0.05, 0) is 57.2 Å². The molecule has 0 saturated carbocycles. The zero-order valence-corrected chi connectivity index (χ0v) is 14.9. The number of rotatable bonds is 2. The summed E-state index contributed by atoms with van der Waals surface area (Å²) < 4.78 is 12.0. The van der Waals surface area contributed by atoms with E-state index < -0.39 is 0 Å². The molecule has 0 saturated heterocycles. The van der Waals surface area contributed by atoms with Gasteiger partial charge in [-0.2, -0.15) is 0 Å². The van der Waals surface area contributed by atoms with Crippen LogP contribution in [0.15, 0.2) is 28.9 Å². The molecule has 4 rings (SSSR count). The zero-order valence-electron chi connectivity index (χ0n) is 13.3. The maximum Gasteiger partial charge on any atom is 0.161 e. The van der Waals surface area contributed by atoms with Crippen molar-refractivity contribution in [3.8, 4) is 11.5 Å². The highest BCUT2D eigenvalue weighted by atomic mass is 79.9. The largest absolute Gasteiger partial charge is 0.493 e. The van der Waals surface area contributed by atoms with E-state index in [4.69, 9.17) is 9.47 Å². The Morgan fingerprint density at radius 3 is 2.70 bits per heavy atom. The van der Waals surface area contributed by atoms with Gasteiger partial charge in [0, 0.05) is 41.9 Å². The number of hydrogen-bond acceptors (Lipinski definition) is 4. The maximum absolute atomic E-state index is 5.50. The lowest BCUT2D eigenvalue weighted by atomic mass is 9.85. The van der Waals surface area contributed by atoms with E-state index in [0.29, 0.717) is 6.04 Å². The van der Waals surface area contributed by atoms with Crippen molar-refractivity contribution in [3.05, 3.63) is 51.3 Å². The zero-order chi connectivity index (χ0) is 16.0. The molecule has 1 aromatic carbocycles. The third-order valence-electron chi connectivity index (χ3n) is 4.90. The van der Waals surface area contributed by atoms with Gasteiger partial charge in [0.15, 0.2) is 11.5 Å². The highest BCUT2D eigenvalue weighted by molar-refractivity contribution is 9.10. The Hall–Kier alpha value is -1.59. The van der Waals surface area contributed by atoms with Gasteiger partial charge in [0.25, 0.3) is 0 Å². The number of nitrogens with zero attached hydrogens (tertiary/aromatic N) is 2. The van der Waals surface area contributed by atoms with Crippen LogP contribution in [0, 0.1) is 0 Å². The number of aromatic nitrogens is 1. The Morgan fingerprint density at radius 1 is 1.13 bits per heavy atom. The fourth-order valence-electron chi connectivity index (χ4n) is 3.74. The van der Waals surface area contributed by atoms with Crippen LogP contribution in [-0.4, -0.2) is 30.6 Å². The van der Waals surface area contributed by atoms with Crippen LogP contribution in [0.2, 0.25) is 0 Å². The molecule has 0 N–H and O–H groups in total. The monoisotopic (exact) mass is 374 g/mol. The third kappa shape index (κ3) is 2.52. The minimum Gasteiger partial charge on any atom is -0.493 e. The fourth-order valence-corrected chi connectivity index (χ4v) is 4.12. The van der Waals surface area contributed by atoms with Crippen LogP contribution < -0.4 is 9.47 Å². The van der Waals surface area contributed by atoms with Gasteiger partial charge < -0.3 is 9.47 Å². The highest BCUT2D eigenvalue weighted by Crippen LogP contribution is 2.42. The van der Waals surface area contributed by atoms with Crippen LogP contribution in [0.25, 0.3) is 0 Å². The van der Waals surface area contributed by atoms with Crippen molar-refractivity contribution in [1.82, 2.24) is 9.88 Å². The Labute approximate surface area is 144 Å². The predicted molar refractivity (Wildman–Crippen MR) is 92.0 cm³/mol. The number of methoxy groups -OCH3 is 2. The highest BCUT2D eigenvalue weighted by Gasteiger charge is 2.33. The van der Waals surface area contributed by atoms with E-state index in [0.717, 1.165) is 41.9 Å². The van der Waals surface area contributed by atoms with Crippen molar-refractivity contribution in [1.29, 1.82) is 0 Å². The molecule has 0 bridgehead atoms. The van der Waals surface area contributed by atoms with Crippen molar-refractivity contribution in [2.45, 2.75) is 25.4 Å². The number of ether oxygens (including phenoxy) is 2. The van der Waals surface area contributed by atoms with Gasteiger partial charge in [0.2, 0.25) is 0 Å². The Balaban J connectivity index is 1.76. The average Bonchev–Trinajstić information content (AvgIpc) is 2.58. The number of hydrogen-bond donors (Lipinski definition) is 0. The molecule has 0 amide bonds. The molecule has 0 radical (unpaired) electrons. The number of fused-ring (bicyclic) bond motifs is 4. The number of pyridine rings is 1. The van der Waals surface area contributed by atoms with Gasteiger partial charge in [0.05, 0.1) is 14.2 Å². The van der Waals surface area contributed by atoms with Crippen LogP contribution in [0.5, 0.6) is 11.5 Å². The van der Waals surface area contributed by atoms with Crippen molar-refractivity contribution in [2.75, 3.05) is 20.8 Å². The van der Waals surface area contributed by atoms with Gasteiger partial charge in [-0.1, -0.05) is 0 Å². The van der Waals surface area contributed by atoms with Crippen LogP contribution >= 0.6 is 15.9 Å². The summed E-state index contributed by atoms with van der Waals surface area (Å²) in [5.41, 5.74) is 5.25. The van der Waals surface area contributed by atoms with E-state index >= 15 is 0 Å². The van der Waals surface area contributed by atoms with E-state index in [-0.39, 0.29) is 0 Å². The number of halogens is 1. The second-order valence-electron chi connectivity index (χ2n) is 6.11. The van der Waals surface area contributed by atoms with Crippen molar-refractivity contribution in [3.63, 3.8) is 0 Å². The molecular formula is C18H19BrN2O2. The molecule has 23 heavy (non-hydrogen) atoms. The molecule has 5 heteroatoms. The molecule has 1 aromatic heterocycles. The van der Waals surface area contributed by atoms with Gasteiger partial charge in [-0.25, -0.2) is 0 Å². The van der Waals surface area contributed by atoms with E-state index in [1.54, 1.807) is 14.2 Å². The molecular weight excluding hydrogens is 356 g/mol.